The fourth-order valence-electron chi connectivity index (χ4n) is 5.67. The fraction of sp³-hybridized carbons (Fsp3) is 0.250. The number of pyridine rings is 3. The van der Waals surface area contributed by atoms with Gasteiger partial charge in [0.2, 0.25) is 5.91 Å². The average Bonchev–Trinajstić information content (AvgIpc) is 3.16. The Labute approximate surface area is 218 Å². The summed E-state index contributed by atoms with van der Waals surface area (Å²) in [7, 11) is 1.38. The number of hydrogen-bond acceptors (Lipinski definition) is 6. The monoisotopic (exact) mass is 513 g/mol. The molecule has 0 bridgehead atoms. The minimum Gasteiger partial charge on any atom is -0.453 e. The summed E-state index contributed by atoms with van der Waals surface area (Å²) in [6.07, 6.45) is 9.46. The van der Waals surface area contributed by atoms with E-state index in [0.29, 0.717) is 31.0 Å². The van der Waals surface area contributed by atoms with Gasteiger partial charge < -0.3 is 14.5 Å². The van der Waals surface area contributed by atoms with Crippen molar-refractivity contribution < 1.29 is 14.3 Å². The number of aromatic nitrogens is 3. The molecule has 4 aromatic rings. The molecule has 2 aliphatic rings. The van der Waals surface area contributed by atoms with Gasteiger partial charge in [-0.2, -0.15) is 0 Å². The highest BCUT2D eigenvalue weighted by Gasteiger charge is 2.52. The zero-order valence-corrected chi connectivity index (χ0v) is 21.0. The number of anilines is 1. The maximum absolute atomic E-state index is 14.2. The minimum absolute atomic E-state index is 0.0127. The standard InChI is InChI=1S/C28H24ClN5O3/c1-37-27(36)33-12-7-28(8-13-33)22-6-11-31-16-24(22)34(26(28)35)17-23-25(18-4-9-30-10-5-18)21-3-2-20(29)14-19(21)15-32-23/h2-6,9-11,14-16H,7-8,12-13,17H2,1H3. The number of hydrogen-bond donors (Lipinski definition) is 0. The molecule has 0 radical (unpaired) electrons. The molecule has 0 N–H and O–H groups in total. The highest BCUT2D eigenvalue weighted by molar-refractivity contribution is 6.31. The summed E-state index contributed by atoms with van der Waals surface area (Å²) in [6.45, 7) is 1.19. The highest BCUT2D eigenvalue weighted by atomic mass is 35.5. The van der Waals surface area contributed by atoms with Crippen molar-refractivity contribution >= 4 is 40.1 Å². The number of carbonyl (C=O) groups excluding carboxylic acids is 2. The first kappa shape index (κ1) is 23.4. The summed E-state index contributed by atoms with van der Waals surface area (Å²) in [6, 6.07) is 11.6. The third-order valence-electron chi connectivity index (χ3n) is 7.52. The Hall–Kier alpha value is -4.04. The Morgan fingerprint density at radius 2 is 1.81 bits per heavy atom. The number of piperidine rings is 1. The number of methoxy groups -OCH3 is 1. The van der Waals surface area contributed by atoms with Crippen LogP contribution in [0.1, 0.15) is 24.1 Å². The summed E-state index contributed by atoms with van der Waals surface area (Å²) < 4.78 is 4.90. The predicted molar refractivity (Wildman–Crippen MR) is 140 cm³/mol. The number of likely N-dealkylation sites (tertiary alicyclic amines) is 1. The summed E-state index contributed by atoms with van der Waals surface area (Å²) in [5.41, 5.74) is 3.71. The fourth-order valence-corrected chi connectivity index (χ4v) is 5.86. The molecular formula is C28H24ClN5O3. The molecule has 3 aromatic heterocycles. The first-order valence-electron chi connectivity index (χ1n) is 12.1. The summed E-state index contributed by atoms with van der Waals surface area (Å²) >= 11 is 6.26. The SMILES string of the molecule is COC(=O)N1CCC2(CC1)C(=O)N(Cc1ncc3cc(Cl)ccc3c1-c1ccncc1)c1cnccc12. The molecule has 9 heteroatoms. The maximum atomic E-state index is 14.2. The van der Waals surface area contributed by atoms with Crippen LogP contribution in [0.15, 0.2) is 67.4 Å². The Kier molecular flexibility index (Phi) is 5.76. The summed E-state index contributed by atoms with van der Waals surface area (Å²) in [4.78, 5) is 43.0. The lowest BCUT2D eigenvalue weighted by Crippen LogP contribution is -2.50. The zero-order valence-electron chi connectivity index (χ0n) is 20.2. The smallest absolute Gasteiger partial charge is 0.409 e. The maximum Gasteiger partial charge on any atom is 0.409 e. The lowest BCUT2D eigenvalue weighted by molar-refractivity contribution is -0.124. The van der Waals surface area contributed by atoms with E-state index in [2.05, 4.69) is 9.97 Å². The van der Waals surface area contributed by atoms with Gasteiger partial charge in [-0.1, -0.05) is 17.7 Å². The Balaban J connectivity index is 1.42. The number of amides is 2. The van der Waals surface area contributed by atoms with Crippen LogP contribution in [0.3, 0.4) is 0 Å². The lowest BCUT2D eigenvalue weighted by atomic mass is 9.74. The van der Waals surface area contributed by atoms with E-state index in [1.807, 2.05) is 36.4 Å². The summed E-state index contributed by atoms with van der Waals surface area (Å²) in [5.74, 6) is 0.0127. The molecule has 186 valence electrons. The van der Waals surface area contributed by atoms with Crippen molar-refractivity contribution in [2.75, 3.05) is 25.1 Å². The second-order valence-electron chi connectivity index (χ2n) is 9.37. The molecule has 2 aliphatic heterocycles. The molecule has 0 atom stereocenters. The normalized spacial score (nSPS) is 16.3. The number of rotatable bonds is 3. The third-order valence-corrected chi connectivity index (χ3v) is 7.75. The molecule has 0 unspecified atom stereocenters. The van der Waals surface area contributed by atoms with Crippen molar-refractivity contribution in [1.82, 2.24) is 19.9 Å². The van der Waals surface area contributed by atoms with Gasteiger partial charge in [0.15, 0.2) is 0 Å². The molecular weight excluding hydrogens is 490 g/mol. The van der Waals surface area contributed by atoms with Crippen molar-refractivity contribution in [2.45, 2.75) is 24.8 Å². The van der Waals surface area contributed by atoms with Crippen LogP contribution in [-0.2, 0) is 21.5 Å². The number of ether oxygens (including phenoxy) is 1. The van der Waals surface area contributed by atoms with Gasteiger partial charge in [0.25, 0.3) is 0 Å². The second kappa shape index (κ2) is 9.12. The van der Waals surface area contributed by atoms with Crippen molar-refractivity contribution in [2.24, 2.45) is 0 Å². The van der Waals surface area contributed by atoms with Crippen LogP contribution in [0.4, 0.5) is 10.5 Å². The van der Waals surface area contributed by atoms with E-state index in [0.717, 1.165) is 38.8 Å². The molecule has 1 fully saturated rings. The zero-order chi connectivity index (χ0) is 25.6. The lowest BCUT2D eigenvalue weighted by Gasteiger charge is -2.37. The van der Waals surface area contributed by atoms with Crippen molar-refractivity contribution in [3.8, 4) is 11.1 Å². The quantitative estimate of drug-likeness (QED) is 0.383. The van der Waals surface area contributed by atoms with Gasteiger partial charge in [-0.05, 0) is 59.7 Å². The molecule has 37 heavy (non-hydrogen) atoms. The Morgan fingerprint density at radius 3 is 2.57 bits per heavy atom. The number of halogens is 1. The van der Waals surface area contributed by atoms with Gasteiger partial charge in [-0.3, -0.25) is 19.7 Å². The Bertz CT molecular complexity index is 1520. The van der Waals surface area contributed by atoms with Crippen molar-refractivity contribution in [3.05, 3.63) is 83.7 Å². The van der Waals surface area contributed by atoms with Gasteiger partial charge in [-0.15, -0.1) is 0 Å². The Morgan fingerprint density at radius 1 is 1.05 bits per heavy atom. The first-order valence-corrected chi connectivity index (χ1v) is 12.5. The molecule has 5 heterocycles. The molecule has 0 saturated carbocycles. The van der Waals surface area contributed by atoms with Crippen LogP contribution in [0, 0.1) is 0 Å². The third kappa shape index (κ3) is 3.79. The molecule has 1 aromatic carbocycles. The average molecular weight is 514 g/mol. The molecule has 8 nitrogen and oxygen atoms in total. The highest BCUT2D eigenvalue weighted by Crippen LogP contribution is 2.48. The molecule has 0 aliphatic carbocycles. The van der Waals surface area contributed by atoms with Gasteiger partial charge >= 0.3 is 6.09 Å². The molecule has 1 spiro atoms. The van der Waals surface area contributed by atoms with Crippen LogP contribution in [0.25, 0.3) is 21.9 Å². The minimum atomic E-state index is -0.704. The van der Waals surface area contributed by atoms with Gasteiger partial charge in [0.05, 0.1) is 36.6 Å². The molecule has 6 rings (SSSR count). The van der Waals surface area contributed by atoms with Gasteiger partial charge in [0.1, 0.15) is 0 Å². The largest absolute Gasteiger partial charge is 0.453 e. The topological polar surface area (TPSA) is 88.5 Å². The number of benzene rings is 1. The number of nitrogens with zero attached hydrogens (tertiary/aromatic N) is 5. The van der Waals surface area contributed by atoms with Crippen LogP contribution in [0.2, 0.25) is 5.02 Å². The van der Waals surface area contributed by atoms with E-state index in [1.54, 1.807) is 40.8 Å². The van der Waals surface area contributed by atoms with Gasteiger partial charge in [-0.25, -0.2) is 4.79 Å². The van der Waals surface area contributed by atoms with E-state index < -0.39 is 5.41 Å². The first-order chi connectivity index (χ1) is 18.0. The van der Waals surface area contributed by atoms with Crippen LogP contribution < -0.4 is 4.90 Å². The van der Waals surface area contributed by atoms with E-state index in [9.17, 15) is 9.59 Å². The van der Waals surface area contributed by atoms with E-state index >= 15 is 0 Å². The van der Waals surface area contributed by atoms with Crippen molar-refractivity contribution in [3.63, 3.8) is 0 Å². The van der Waals surface area contributed by atoms with E-state index in [-0.39, 0.29) is 18.5 Å². The van der Waals surface area contributed by atoms with Gasteiger partial charge in [0, 0.05) is 53.8 Å². The molecule has 2 amide bonds. The van der Waals surface area contributed by atoms with Crippen LogP contribution in [-0.4, -0.2) is 52.1 Å². The van der Waals surface area contributed by atoms with E-state index in [4.69, 9.17) is 21.3 Å². The second-order valence-corrected chi connectivity index (χ2v) is 9.81. The molecule has 1 saturated heterocycles. The van der Waals surface area contributed by atoms with Crippen molar-refractivity contribution in [1.29, 1.82) is 0 Å². The summed E-state index contributed by atoms with van der Waals surface area (Å²) in [5, 5.41) is 2.56. The number of carbonyl (C=O) groups is 2. The number of fused-ring (bicyclic) bond motifs is 3. The van der Waals surface area contributed by atoms with E-state index in [1.165, 1.54) is 7.11 Å². The van der Waals surface area contributed by atoms with Crippen LogP contribution in [0.5, 0.6) is 0 Å². The van der Waals surface area contributed by atoms with Crippen LogP contribution >= 0.6 is 11.6 Å². The predicted octanol–water partition coefficient (Wildman–Crippen LogP) is 4.99.